The zero-order valence-electron chi connectivity index (χ0n) is 16.1. The molecule has 0 bridgehead atoms. The predicted molar refractivity (Wildman–Crippen MR) is 106 cm³/mol. The zero-order chi connectivity index (χ0) is 19.4. The Hall–Kier alpha value is -2.93. The van der Waals surface area contributed by atoms with Crippen molar-refractivity contribution in [3.05, 3.63) is 48.2 Å². The number of imidazole rings is 1. The Balaban J connectivity index is 1.78. The molecule has 7 heteroatoms. The van der Waals surface area contributed by atoms with E-state index in [4.69, 9.17) is 4.74 Å². The Bertz CT molecular complexity index is 926. The largest absolute Gasteiger partial charge is 0.374 e. The van der Waals surface area contributed by atoms with Gasteiger partial charge < -0.3 is 15.4 Å². The van der Waals surface area contributed by atoms with Gasteiger partial charge in [-0.1, -0.05) is 12.1 Å². The first kappa shape index (κ1) is 18.8. The Morgan fingerprint density at radius 3 is 2.56 bits per heavy atom. The van der Waals surface area contributed by atoms with Gasteiger partial charge >= 0.3 is 0 Å². The molecule has 2 N–H and O–H groups in total. The van der Waals surface area contributed by atoms with Crippen LogP contribution in [0.5, 0.6) is 0 Å². The van der Waals surface area contributed by atoms with Crippen molar-refractivity contribution in [2.45, 2.75) is 26.4 Å². The van der Waals surface area contributed by atoms with Gasteiger partial charge in [0.2, 0.25) is 0 Å². The van der Waals surface area contributed by atoms with Crippen LogP contribution >= 0.6 is 0 Å². The lowest BCUT2D eigenvalue weighted by Gasteiger charge is -2.19. The van der Waals surface area contributed by atoms with Crippen LogP contribution in [0.2, 0.25) is 0 Å². The maximum atomic E-state index is 11.7. The average Bonchev–Trinajstić information content (AvgIpc) is 3.07. The van der Waals surface area contributed by atoms with E-state index < -0.39 is 0 Å². The summed E-state index contributed by atoms with van der Waals surface area (Å²) in [5, 5.41) is 10.5. The van der Waals surface area contributed by atoms with Gasteiger partial charge in [0.25, 0.3) is 5.91 Å². The Kier molecular flexibility index (Phi) is 5.41. The van der Waals surface area contributed by atoms with E-state index in [1.165, 1.54) is 0 Å². The maximum Gasteiger partial charge on any atom is 0.251 e. The van der Waals surface area contributed by atoms with Crippen molar-refractivity contribution in [3.8, 4) is 11.3 Å². The minimum atomic E-state index is -0.155. The normalized spacial score (nSPS) is 11.6. The lowest BCUT2D eigenvalue weighted by Crippen LogP contribution is -2.23. The summed E-state index contributed by atoms with van der Waals surface area (Å²) in [5.41, 5.74) is 3.03. The smallest absolute Gasteiger partial charge is 0.251 e. The number of anilines is 1. The number of carbonyl (C=O) groups excluding carboxylic acids is 1. The van der Waals surface area contributed by atoms with Gasteiger partial charge in [-0.2, -0.15) is 0 Å². The molecule has 142 valence electrons. The fourth-order valence-corrected chi connectivity index (χ4v) is 2.64. The van der Waals surface area contributed by atoms with Crippen LogP contribution in [0.3, 0.4) is 0 Å². The number of benzene rings is 1. The highest BCUT2D eigenvalue weighted by Gasteiger charge is 2.11. The number of aromatic nitrogens is 3. The van der Waals surface area contributed by atoms with Gasteiger partial charge in [-0.05, 0) is 45.0 Å². The molecule has 0 saturated heterocycles. The molecule has 2 aromatic heterocycles. The van der Waals surface area contributed by atoms with Crippen molar-refractivity contribution in [3.63, 3.8) is 0 Å². The third kappa shape index (κ3) is 4.62. The van der Waals surface area contributed by atoms with Crippen molar-refractivity contribution in [2.24, 2.45) is 0 Å². The summed E-state index contributed by atoms with van der Waals surface area (Å²) >= 11 is 0. The molecule has 0 fully saturated rings. The number of carbonyl (C=O) groups is 1. The van der Waals surface area contributed by atoms with Gasteiger partial charge in [-0.15, -0.1) is 5.10 Å². The van der Waals surface area contributed by atoms with E-state index in [0.29, 0.717) is 18.7 Å². The molecule has 0 aliphatic carbocycles. The molecule has 1 aromatic carbocycles. The first-order valence-corrected chi connectivity index (χ1v) is 8.92. The number of hydrogen-bond donors (Lipinski definition) is 2. The summed E-state index contributed by atoms with van der Waals surface area (Å²) in [6.07, 6.45) is 1.78. The van der Waals surface area contributed by atoms with Crippen LogP contribution < -0.4 is 10.6 Å². The van der Waals surface area contributed by atoms with Gasteiger partial charge in [0.1, 0.15) is 5.82 Å². The molecule has 0 spiro atoms. The highest BCUT2D eigenvalue weighted by molar-refractivity contribution is 5.94. The van der Waals surface area contributed by atoms with Gasteiger partial charge in [0, 0.05) is 24.7 Å². The first-order valence-electron chi connectivity index (χ1n) is 8.92. The maximum absolute atomic E-state index is 11.7. The van der Waals surface area contributed by atoms with Crippen molar-refractivity contribution in [2.75, 3.05) is 25.5 Å². The van der Waals surface area contributed by atoms with Crippen LogP contribution in [-0.4, -0.2) is 46.3 Å². The Morgan fingerprint density at radius 2 is 1.89 bits per heavy atom. The van der Waals surface area contributed by atoms with Gasteiger partial charge in [-0.25, -0.2) is 9.50 Å². The number of hydrogen-bond acceptors (Lipinski definition) is 5. The standard InChI is InChI=1S/C20H25N5O2/c1-20(2,3)27-12-11-22-17-9-10-18-23-13-16(25(18)24-17)14-5-7-15(8-6-14)19(26)21-4/h5-10,13H,11-12H2,1-4H3,(H,21,26)(H,22,24). The molecule has 3 aromatic rings. The summed E-state index contributed by atoms with van der Waals surface area (Å²) in [4.78, 5) is 16.1. The quantitative estimate of drug-likeness (QED) is 0.655. The van der Waals surface area contributed by atoms with Crippen LogP contribution in [0.4, 0.5) is 5.82 Å². The highest BCUT2D eigenvalue weighted by atomic mass is 16.5. The van der Waals surface area contributed by atoms with E-state index in [2.05, 4.69) is 20.7 Å². The van der Waals surface area contributed by atoms with Crippen molar-refractivity contribution in [1.29, 1.82) is 0 Å². The van der Waals surface area contributed by atoms with E-state index in [1.54, 1.807) is 29.9 Å². The van der Waals surface area contributed by atoms with Gasteiger partial charge in [0.15, 0.2) is 5.65 Å². The highest BCUT2D eigenvalue weighted by Crippen LogP contribution is 2.21. The minimum Gasteiger partial charge on any atom is -0.374 e. The van der Waals surface area contributed by atoms with E-state index in [9.17, 15) is 4.79 Å². The summed E-state index contributed by atoms with van der Waals surface area (Å²) in [6, 6.07) is 11.2. The number of nitrogens with one attached hydrogen (secondary N) is 2. The van der Waals surface area contributed by atoms with Crippen LogP contribution in [0.15, 0.2) is 42.6 Å². The molecule has 0 aliphatic rings. The third-order valence-corrected chi connectivity index (χ3v) is 3.98. The molecular weight excluding hydrogens is 342 g/mol. The molecule has 1 amide bonds. The second kappa shape index (κ2) is 7.75. The van der Waals surface area contributed by atoms with Crippen LogP contribution in [-0.2, 0) is 4.74 Å². The minimum absolute atomic E-state index is 0.109. The van der Waals surface area contributed by atoms with Crippen molar-refractivity contribution >= 4 is 17.4 Å². The lowest BCUT2D eigenvalue weighted by atomic mass is 10.1. The Morgan fingerprint density at radius 1 is 1.15 bits per heavy atom. The number of ether oxygens (including phenoxy) is 1. The molecule has 0 aliphatic heterocycles. The zero-order valence-corrected chi connectivity index (χ0v) is 16.1. The summed E-state index contributed by atoms with van der Waals surface area (Å²) in [6.45, 7) is 7.36. The fraction of sp³-hybridized carbons (Fsp3) is 0.350. The van der Waals surface area contributed by atoms with E-state index in [1.807, 2.05) is 45.0 Å². The Labute approximate surface area is 158 Å². The SMILES string of the molecule is CNC(=O)c1ccc(-c2cnc3ccc(NCCOC(C)(C)C)nn23)cc1. The van der Waals surface area contributed by atoms with Crippen LogP contribution in [0.1, 0.15) is 31.1 Å². The summed E-state index contributed by atoms with van der Waals surface area (Å²) < 4.78 is 7.51. The van der Waals surface area contributed by atoms with E-state index in [-0.39, 0.29) is 11.5 Å². The number of amides is 1. The van der Waals surface area contributed by atoms with Gasteiger partial charge in [0.05, 0.1) is 24.1 Å². The molecule has 0 atom stereocenters. The van der Waals surface area contributed by atoms with Crippen LogP contribution in [0.25, 0.3) is 16.9 Å². The van der Waals surface area contributed by atoms with Crippen LogP contribution in [0, 0.1) is 0 Å². The van der Waals surface area contributed by atoms with Crippen molar-refractivity contribution in [1.82, 2.24) is 19.9 Å². The summed E-state index contributed by atoms with van der Waals surface area (Å²) in [5.74, 6) is 0.642. The molecule has 3 rings (SSSR count). The second-order valence-corrected chi connectivity index (χ2v) is 7.18. The van der Waals surface area contributed by atoms with E-state index in [0.717, 1.165) is 22.7 Å². The van der Waals surface area contributed by atoms with Crippen molar-refractivity contribution < 1.29 is 9.53 Å². The first-order chi connectivity index (χ1) is 12.9. The molecule has 27 heavy (non-hydrogen) atoms. The molecule has 2 heterocycles. The summed E-state index contributed by atoms with van der Waals surface area (Å²) in [7, 11) is 1.62. The van der Waals surface area contributed by atoms with E-state index >= 15 is 0 Å². The molecule has 7 nitrogen and oxygen atoms in total. The average molecular weight is 367 g/mol. The molecular formula is C20H25N5O2. The number of rotatable bonds is 6. The lowest BCUT2D eigenvalue weighted by molar-refractivity contribution is 0.00330. The molecule has 0 saturated carbocycles. The fourth-order valence-electron chi connectivity index (χ4n) is 2.64. The predicted octanol–water partition coefficient (Wildman–Crippen LogP) is 2.98. The van der Waals surface area contributed by atoms with Gasteiger partial charge in [-0.3, -0.25) is 4.79 Å². The number of nitrogens with zero attached hydrogens (tertiary/aromatic N) is 3. The molecule has 0 unspecified atom stereocenters. The molecule has 0 radical (unpaired) electrons. The monoisotopic (exact) mass is 367 g/mol. The number of fused-ring (bicyclic) bond motifs is 1. The third-order valence-electron chi connectivity index (χ3n) is 3.98. The topological polar surface area (TPSA) is 80.5 Å². The second-order valence-electron chi connectivity index (χ2n) is 7.18.